The van der Waals surface area contributed by atoms with Crippen LogP contribution < -0.4 is 10.3 Å². The van der Waals surface area contributed by atoms with E-state index in [9.17, 15) is 14.0 Å². The zero-order chi connectivity index (χ0) is 17.6. The second kappa shape index (κ2) is 7.53. The van der Waals surface area contributed by atoms with E-state index in [0.29, 0.717) is 17.7 Å². The fourth-order valence-corrected chi connectivity index (χ4v) is 2.29. The lowest BCUT2D eigenvalue weighted by Crippen LogP contribution is -2.11. The number of hydrogen-bond acceptors (Lipinski definition) is 4. The largest absolute Gasteiger partial charge is 0.485 e. The van der Waals surface area contributed by atoms with Crippen molar-refractivity contribution in [2.45, 2.75) is 6.42 Å². The maximum absolute atomic E-state index is 12.9. The van der Waals surface area contributed by atoms with Crippen molar-refractivity contribution in [1.82, 2.24) is 10.2 Å². The van der Waals surface area contributed by atoms with Crippen LogP contribution in [0.3, 0.4) is 0 Å². The third-order valence-electron chi connectivity index (χ3n) is 3.56. The van der Waals surface area contributed by atoms with Gasteiger partial charge in [-0.15, -0.1) is 0 Å². The lowest BCUT2D eigenvalue weighted by molar-refractivity contribution is 0.0921. The molecule has 0 fully saturated rings. The fourth-order valence-electron chi connectivity index (χ4n) is 2.29. The zero-order valence-corrected chi connectivity index (χ0v) is 13.2. The molecule has 3 aromatic rings. The highest BCUT2D eigenvalue weighted by atomic mass is 19.1. The first-order valence-electron chi connectivity index (χ1n) is 7.65. The Labute approximate surface area is 143 Å². The average Bonchev–Trinajstić information content (AvgIpc) is 2.63. The first kappa shape index (κ1) is 16.6. The molecule has 1 heterocycles. The second-order valence-corrected chi connectivity index (χ2v) is 5.46. The monoisotopic (exact) mass is 338 g/mol. The van der Waals surface area contributed by atoms with E-state index >= 15 is 0 Å². The number of carbonyl (C=O) groups is 1. The molecule has 25 heavy (non-hydrogen) atoms. The Kier molecular flexibility index (Phi) is 4.99. The SMILES string of the molecule is O=C(COc1cccc(Cc2ccc(=O)[nH]n2)c1)c1ccc(F)cc1. The highest BCUT2D eigenvalue weighted by Gasteiger charge is 2.07. The summed E-state index contributed by atoms with van der Waals surface area (Å²) in [5.41, 5.74) is 1.81. The summed E-state index contributed by atoms with van der Waals surface area (Å²) in [4.78, 5) is 23.1. The molecule has 0 saturated carbocycles. The molecular formula is C19H15FN2O3. The molecule has 1 N–H and O–H groups in total. The van der Waals surface area contributed by atoms with Gasteiger partial charge in [-0.25, -0.2) is 9.49 Å². The van der Waals surface area contributed by atoms with Crippen LogP contribution in [0.25, 0.3) is 0 Å². The van der Waals surface area contributed by atoms with Gasteiger partial charge in [-0.05, 0) is 48.0 Å². The molecule has 5 nitrogen and oxygen atoms in total. The summed E-state index contributed by atoms with van der Waals surface area (Å²) in [7, 11) is 0. The Morgan fingerprint density at radius 3 is 2.60 bits per heavy atom. The number of aromatic amines is 1. The summed E-state index contributed by atoms with van der Waals surface area (Å²) in [6.45, 7) is -0.133. The average molecular weight is 338 g/mol. The number of Topliss-reactive ketones (excluding diaryl/α,β-unsaturated/α-hetero) is 1. The molecule has 0 spiro atoms. The van der Waals surface area contributed by atoms with Crippen molar-refractivity contribution in [3.63, 3.8) is 0 Å². The zero-order valence-electron chi connectivity index (χ0n) is 13.2. The molecule has 0 aliphatic rings. The number of ketones is 1. The van der Waals surface area contributed by atoms with Gasteiger partial charge in [0.1, 0.15) is 11.6 Å². The fraction of sp³-hybridized carbons (Fsp3) is 0.105. The lowest BCUT2D eigenvalue weighted by Gasteiger charge is -2.08. The molecule has 126 valence electrons. The third kappa shape index (κ3) is 4.60. The van der Waals surface area contributed by atoms with E-state index in [2.05, 4.69) is 10.2 Å². The normalized spacial score (nSPS) is 10.4. The van der Waals surface area contributed by atoms with Crippen LogP contribution in [0.15, 0.2) is 65.5 Å². The van der Waals surface area contributed by atoms with E-state index in [1.54, 1.807) is 12.1 Å². The Hall–Kier alpha value is -3.28. The molecule has 0 radical (unpaired) electrons. The molecule has 0 unspecified atom stereocenters. The Bertz CT molecular complexity index is 915. The molecule has 3 rings (SSSR count). The number of benzene rings is 2. The molecule has 6 heteroatoms. The molecule has 2 aromatic carbocycles. The number of hydrogen-bond donors (Lipinski definition) is 1. The summed E-state index contributed by atoms with van der Waals surface area (Å²) >= 11 is 0. The Morgan fingerprint density at radius 1 is 1.08 bits per heavy atom. The summed E-state index contributed by atoms with van der Waals surface area (Å²) in [6.07, 6.45) is 0.528. The summed E-state index contributed by atoms with van der Waals surface area (Å²) in [5.74, 6) is -0.0638. The van der Waals surface area contributed by atoms with E-state index < -0.39 is 0 Å². The van der Waals surface area contributed by atoms with Gasteiger partial charge in [-0.2, -0.15) is 5.10 Å². The van der Waals surface area contributed by atoms with Crippen molar-refractivity contribution >= 4 is 5.78 Å². The van der Waals surface area contributed by atoms with Crippen molar-refractivity contribution in [1.29, 1.82) is 0 Å². The van der Waals surface area contributed by atoms with E-state index in [1.807, 2.05) is 18.2 Å². The van der Waals surface area contributed by atoms with Gasteiger partial charge in [-0.1, -0.05) is 12.1 Å². The van der Waals surface area contributed by atoms with Crippen molar-refractivity contribution in [2.75, 3.05) is 6.61 Å². The number of rotatable bonds is 6. The molecule has 0 atom stereocenters. The Morgan fingerprint density at radius 2 is 1.88 bits per heavy atom. The van der Waals surface area contributed by atoms with Gasteiger partial charge >= 0.3 is 0 Å². The first-order valence-corrected chi connectivity index (χ1v) is 7.65. The van der Waals surface area contributed by atoms with E-state index in [-0.39, 0.29) is 23.8 Å². The minimum atomic E-state index is -0.388. The summed E-state index contributed by atoms with van der Waals surface area (Å²) in [5, 5.41) is 6.35. The minimum Gasteiger partial charge on any atom is -0.485 e. The molecule has 0 saturated heterocycles. The smallest absolute Gasteiger partial charge is 0.264 e. The van der Waals surface area contributed by atoms with E-state index in [4.69, 9.17) is 4.74 Å². The van der Waals surface area contributed by atoms with Crippen molar-refractivity contribution in [2.24, 2.45) is 0 Å². The van der Waals surface area contributed by atoms with Crippen LogP contribution in [0.1, 0.15) is 21.6 Å². The molecule has 0 aliphatic carbocycles. The van der Waals surface area contributed by atoms with Gasteiger partial charge in [0.15, 0.2) is 12.4 Å². The van der Waals surface area contributed by atoms with E-state index in [1.165, 1.54) is 30.3 Å². The highest BCUT2D eigenvalue weighted by molar-refractivity contribution is 5.97. The molecule has 0 bridgehead atoms. The number of nitrogens with one attached hydrogen (secondary N) is 1. The number of halogens is 1. The third-order valence-corrected chi connectivity index (χ3v) is 3.56. The van der Waals surface area contributed by atoms with Crippen molar-refractivity contribution in [3.8, 4) is 5.75 Å². The van der Waals surface area contributed by atoms with Crippen LogP contribution >= 0.6 is 0 Å². The standard InChI is InChI=1S/C19H15FN2O3/c20-15-6-4-14(5-7-15)18(23)12-25-17-3-1-2-13(11-17)10-16-8-9-19(24)22-21-16/h1-9,11H,10,12H2,(H,22,24). The number of aromatic nitrogens is 2. The van der Waals surface area contributed by atoms with Gasteiger partial charge in [0, 0.05) is 18.1 Å². The van der Waals surface area contributed by atoms with Crippen LogP contribution in [-0.4, -0.2) is 22.6 Å². The molecule has 0 aliphatic heterocycles. The van der Waals surface area contributed by atoms with Crippen molar-refractivity contribution < 1.29 is 13.9 Å². The van der Waals surface area contributed by atoms with E-state index in [0.717, 1.165) is 11.3 Å². The van der Waals surface area contributed by atoms with Crippen LogP contribution in [0.4, 0.5) is 4.39 Å². The van der Waals surface area contributed by atoms with Gasteiger partial charge in [-0.3, -0.25) is 9.59 Å². The van der Waals surface area contributed by atoms with Gasteiger partial charge in [0.2, 0.25) is 0 Å². The molecular weight excluding hydrogens is 323 g/mol. The van der Waals surface area contributed by atoms with Gasteiger partial charge in [0.25, 0.3) is 5.56 Å². The number of nitrogens with zero attached hydrogens (tertiary/aromatic N) is 1. The lowest BCUT2D eigenvalue weighted by atomic mass is 10.1. The van der Waals surface area contributed by atoms with Crippen LogP contribution in [0, 0.1) is 5.82 Å². The molecule has 1 aromatic heterocycles. The van der Waals surface area contributed by atoms with Gasteiger partial charge in [0.05, 0.1) is 5.69 Å². The minimum absolute atomic E-state index is 0.133. The first-order chi connectivity index (χ1) is 12.1. The predicted molar refractivity (Wildman–Crippen MR) is 90.3 cm³/mol. The maximum Gasteiger partial charge on any atom is 0.264 e. The number of ether oxygens (including phenoxy) is 1. The summed E-state index contributed by atoms with van der Waals surface area (Å²) in [6, 6.07) is 15.7. The van der Waals surface area contributed by atoms with Crippen LogP contribution in [0.5, 0.6) is 5.75 Å². The number of H-pyrrole nitrogens is 1. The predicted octanol–water partition coefficient (Wildman–Crippen LogP) is 2.76. The highest BCUT2D eigenvalue weighted by Crippen LogP contribution is 2.16. The quantitative estimate of drug-likeness (QED) is 0.702. The molecule has 0 amide bonds. The van der Waals surface area contributed by atoms with Crippen LogP contribution in [-0.2, 0) is 6.42 Å². The topological polar surface area (TPSA) is 72.1 Å². The van der Waals surface area contributed by atoms with Crippen molar-refractivity contribution in [3.05, 3.63) is 93.7 Å². The Balaban J connectivity index is 1.63. The maximum atomic E-state index is 12.9. The number of carbonyl (C=O) groups excluding carboxylic acids is 1. The second-order valence-electron chi connectivity index (χ2n) is 5.46. The summed E-state index contributed by atoms with van der Waals surface area (Å²) < 4.78 is 18.4. The van der Waals surface area contributed by atoms with Gasteiger partial charge < -0.3 is 4.74 Å². The van der Waals surface area contributed by atoms with Crippen LogP contribution in [0.2, 0.25) is 0 Å².